The molecule has 8 rings (SSSR count). The molecule has 14 atom stereocenters. The Morgan fingerprint density at radius 3 is 2.31 bits per heavy atom. The van der Waals surface area contributed by atoms with E-state index in [1.165, 1.54) is 25.7 Å². The Labute approximate surface area is 290 Å². The SMILES string of the molecule is CC(C)N1CC(N2CCO[C@@H](O[C@H]3CC[C@]45CC46CC[C@]4(C)[C@@H]7C(OC([C@H](O)C(C)(C)O)C[C@H]7C)[C@H](O)[C@@]4(C)[C@H]6CC[C@H]5C3(C)C)C2)C1. The molecule has 3 saturated heterocycles. The molecule has 3 heterocycles. The zero-order chi connectivity index (χ0) is 34.4. The molecule has 0 radical (unpaired) electrons. The molecule has 8 heteroatoms. The van der Waals surface area contributed by atoms with Gasteiger partial charge < -0.3 is 29.5 Å². The van der Waals surface area contributed by atoms with E-state index >= 15 is 0 Å². The van der Waals surface area contributed by atoms with Crippen molar-refractivity contribution in [3.05, 3.63) is 0 Å². The third-order valence-corrected chi connectivity index (χ3v) is 17.4. The monoisotopic (exact) mass is 673 g/mol. The Morgan fingerprint density at radius 1 is 0.938 bits per heavy atom. The number of hydrogen-bond acceptors (Lipinski definition) is 8. The number of morpholine rings is 1. The summed E-state index contributed by atoms with van der Waals surface area (Å²) in [4.78, 5) is 5.18. The van der Waals surface area contributed by atoms with Crippen LogP contribution in [0.15, 0.2) is 0 Å². The quantitative estimate of drug-likeness (QED) is 0.361. The fourth-order valence-corrected chi connectivity index (χ4v) is 14.6. The molecule has 5 saturated carbocycles. The first kappa shape index (κ1) is 34.7. The zero-order valence-corrected chi connectivity index (χ0v) is 31.6. The van der Waals surface area contributed by atoms with Crippen molar-refractivity contribution in [2.24, 2.45) is 50.7 Å². The van der Waals surface area contributed by atoms with E-state index in [1.807, 2.05) is 0 Å². The largest absolute Gasteiger partial charge is 0.390 e. The average Bonchev–Trinajstić information content (AvgIpc) is 3.61. The van der Waals surface area contributed by atoms with Gasteiger partial charge in [0, 0.05) is 43.7 Å². The van der Waals surface area contributed by atoms with Crippen molar-refractivity contribution in [1.82, 2.24) is 9.80 Å². The summed E-state index contributed by atoms with van der Waals surface area (Å²) in [6.07, 6.45) is 6.90. The minimum Gasteiger partial charge on any atom is -0.390 e. The maximum Gasteiger partial charge on any atom is 0.170 e. The molecule has 274 valence electrons. The van der Waals surface area contributed by atoms with Crippen LogP contribution in [0.4, 0.5) is 0 Å². The summed E-state index contributed by atoms with van der Waals surface area (Å²) in [5.74, 6) is 1.68. The highest BCUT2D eigenvalue weighted by Gasteiger charge is 2.84. The Morgan fingerprint density at radius 2 is 1.62 bits per heavy atom. The van der Waals surface area contributed by atoms with Crippen molar-refractivity contribution in [3.63, 3.8) is 0 Å². The lowest BCUT2D eigenvalue weighted by atomic mass is 9.41. The zero-order valence-electron chi connectivity index (χ0n) is 31.6. The van der Waals surface area contributed by atoms with E-state index in [0.29, 0.717) is 40.7 Å². The molecule has 5 aliphatic carbocycles. The molecule has 3 aliphatic heterocycles. The second kappa shape index (κ2) is 11.1. The maximum atomic E-state index is 12.5. The van der Waals surface area contributed by atoms with Gasteiger partial charge in [-0.05, 0) is 124 Å². The molecule has 0 aromatic heterocycles. The van der Waals surface area contributed by atoms with Gasteiger partial charge in [-0.1, -0.05) is 34.6 Å². The first-order valence-electron chi connectivity index (χ1n) is 19.9. The summed E-state index contributed by atoms with van der Waals surface area (Å²) in [6, 6.07) is 1.25. The fourth-order valence-electron chi connectivity index (χ4n) is 14.6. The highest BCUT2D eigenvalue weighted by Crippen LogP contribution is 2.89. The number of likely N-dealkylation sites (tertiary alicyclic amines) is 1. The lowest BCUT2D eigenvalue weighted by Crippen LogP contribution is -2.64. The summed E-state index contributed by atoms with van der Waals surface area (Å²) < 4.78 is 20.0. The van der Waals surface area contributed by atoms with Crippen LogP contribution in [-0.4, -0.2) is 112 Å². The Kier molecular flexibility index (Phi) is 8.04. The van der Waals surface area contributed by atoms with Gasteiger partial charge in [0.2, 0.25) is 0 Å². The topological polar surface area (TPSA) is 94.9 Å². The van der Waals surface area contributed by atoms with Gasteiger partial charge in [0.05, 0.1) is 36.6 Å². The number of fused-ring (bicyclic) bond motifs is 4. The molecule has 2 spiro atoms. The molecule has 8 nitrogen and oxygen atoms in total. The Bertz CT molecular complexity index is 1250. The summed E-state index contributed by atoms with van der Waals surface area (Å²) in [7, 11) is 0. The van der Waals surface area contributed by atoms with E-state index in [0.717, 1.165) is 58.5 Å². The van der Waals surface area contributed by atoms with Gasteiger partial charge in [0.15, 0.2) is 6.29 Å². The van der Waals surface area contributed by atoms with Crippen LogP contribution in [0.5, 0.6) is 0 Å². The number of aliphatic hydroxyl groups excluding tert-OH is 2. The van der Waals surface area contributed by atoms with E-state index < -0.39 is 23.9 Å². The lowest BCUT2D eigenvalue weighted by molar-refractivity contribution is -0.253. The predicted octanol–water partition coefficient (Wildman–Crippen LogP) is 5.07. The van der Waals surface area contributed by atoms with Crippen molar-refractivity contribution in [2.75, 3.05) is 32.8 Å². The molecule has 3 unspecified atom stereocenters. The van der Waals surface area contributed by atoms with Crippen molar-refractivity contribution >= 4 is 0 Å². The van der Waals surface area contributed by atoms with Gasteiger partial charge in [-0.3, -0.25) is 9.80 Å². The molecule has 0 amide bonds. The van der Waals surface area contributed by atoms with Gasteiger partial charge >= 0.3 is 0 Å². The molecular formula is C40H68N2O6. The maximum absolute atomic E-state index is 12.5. The van der Waals surface area contributed by atoms with E-state index in [9.17, 15) is 15.3 Å². The number of rotatable bonds is 6. The second-order valence-corrected chi connectivity index (χ2v) is 20.3. The third-order valence-electron chi connectivity index (χ3n) is 17.4. The average molecular weight is 673 g/mol. The number of ether oxygens (including phenoxy) is 3. The minimum atomic E-state index is -1.24. The molecule has 0 bridgehead atoms. The van der Waals surface area contributed by atoms with E-state index in [2.05, 4.69) is 58.3 Å². The van der Waals surface area contributed by atoms with Crippen LogP contribution < -0.4 is 0 Å². The van der Waals surface area contributed by atoms with Gasteiger partial charge in [0.1, 0.15) is 6.10 Å². The van der Waals surface area contributed by atoms with Crippen LogP contribution in [0.25, 0.3) is 0 Å². The Hall–Kier alpha value is -0.320. The summed E-state index contributed by atoms with van der Waals surface area (Å²) in [6.45, 7) is 25.1. The van der Waals surface area contributed by atoms with E-state index in [1.54, 1.807) is 13.8 Å². The summed E-state index contributed by atoms with van der Waals surface area (Å²) in [5.41, 5.74) is -0.781. The minimum absolute atomic E-state index is 0.0135. The Balaban J connectivity index is 0.991. The van der Waals surface area contributed by atoms with E-state index in [-0.39, 0.29) is 40.7 Å². The normalized spacial score (nSPS) is 52.8. The first-order chi connectivity index (χ1) is 22.4. The van der Waals surface area contributed by atoms with Crippen LogP contribution in [0.3, 0.4) is 0 Å². The molecule has 8 aliphatic rings. The molecule has 48 heavy (non-hydrogen) atoms. The fraction of sp³-hybridized carbons (Fsp3) is 1.00. The second-order valence-electron chi connectivity index (χ2n) is 20.3. The van der Waals surface area contributed by atoms with Crippen LogP contribution >= 0.6 is 0 Å². The van der Waals surface area contributed by atoms with Crippen molar-refractivity contribution in [2.45, 2.75) is 168 Å². The molecule has 0 aromatic rings. The van der Waals surface area contributed by atoms with Crippen LogP contribution in [0, 0.1) is 50.7 Å². The van der Waals surface area contributed by atoms with Crippen molar-refractivity contribution < 1.29 is 29.5 Å². The number of aliphatic hydroxyl groups is 3. The van der Waals surface area contributed by atoms with Gasteiger partial charge in [-0.15, -0.1) is 0 Å². The molecule has 8 fully saturated rings. The molecule has 3 N–H and O–H groups in total. The summed E-state index contributed by atoms with van der Waals surface area (Å²) in [5, 5.41) is 34.2. The van der Waals surface area contributed by atoms with Gasteiger partial charge in [-0.2, -0.15) is 0 Å². The number of nitrogens with zero attached hydrogens (tertiary/aromatic N) is 2. The lowest BCUT2D eigenvalue weighted by Gasteiger charge is -2.64. The molecular weight excluding hydrogens is 604 g/mol. The van der Waals surface area contributed by atoms with Crippen molar-refractivity contribution in [3.8, 4) is 0 Å². The van der Waals surface area contributed by atoms with Gasteiger partial charge in [-0.25, -0.2) is 0 Å². The van der Waals surface area contributed by atoms with Crippen LogP contribution in [0.1, 0.15) is 114 Å². The van der Waals surface area contributed by atoms with Crippen LogP contribution in [0.2, 0.25) is 0 Å². The molecule has 0 aromatic carbocycles. The van der Waals surface area contributed by atoms with Crippen LogP contribution in [-0.2, 0) is 14.2 Å². The summed E-state index contributed by atoms with van der Waals surface area (Å²) >= 11 is 0. The highest BCUT2D eigenvalue weighted by atomic mass is 16.7. The van der Waals surface area contributed by atoms with E-state index in [4.69, 9.17) is 14.2 Å². The van der Waals surface area contributed by atoms with Gasteiger partial charge in [0.25, 0.3) is 0 Å². The highest BCUT2D eigenvalue weighted by molar-refractivity contribution is 5.33. The predicted molar refractivity (Wildman–Crippen MR) is 185 cm³/mol. The standard InChI is InChI=1S/C40H68N2O6/c1-23(2)42-19-25(20-42)41-16-17-46-30(21-41)48-29-12-13-39-22-40(39)15-14-37(8)31-24(3)18-26(33(43)36(6,7)45)47-32(31)34(44)38(37,9)28(40)11-10-27(39)35(29,4)5/h23-34,43-45H,10-22H2,1-9H3/t24-,26?,27+,28-,29+,30+,31+,32?,33+,34+,37-,38-,39-,40?/m1/s1. The number of hydrogen-bond donors (Lipinski definition) is 3. The first-order valence-corrected chi connectivity index (χ1v) is 19.9. The third kappa shape index (κ3) is 4.54. The van der Waals surface area contributed by atoms with Crippen molar-refractivity contribution in [1.29, 1.82) is 0 Å². The smallest absolute Gasteiger partial charge is 0.170 e.